The number of benzene rings is 1. The fourth-order valence-corrected chi connectivity index (χ4v) is 2.37. The van der Waals surface area contributed by atoms with Crippen LogP contribution < -0.4 is 5.32 Å². The van der Waals surface area contributed by atoms with Gasteiger partial charge in [0.2, 0.25) is 0 Å². The maximum absolute atomic E-state index is 12.2. The second kappa shape index (κ2) is 9.05. The van der Waals surface area contributed by atoms with E-state index in [0.29, 0.717) is 30.6 Å². The molecular weight excluding hydrogens is 308 g/mol. The smallest absolute Gasteiger partial charge is 0.326 e. The number of hydrogen-bond donors (Lipinski definition) is 2. The molecule has 2 amide bonds. The van der Waals surface area contributed by atoms with E-state index in [9.17, 15) is 19.5 Å². The molecule has 0 saturated heterocycles. The van der Waals surface area contributed by atoms with Crippen molar-refractivity contribution in [2.75, 3.05) is 13.1 Å². The number of hydrogen-bond acceptors (Lipinski definition) is 3. The highest BCUT2D eigenvalue weighted by atomic mass is 16.4. The second-order valence-corrected chi connectivity index (χ2v) is 5.73. The number of carboxylic acid groups (broad SMARTS) is 1. The Bertz CT molecular complexity index is 579. The van der Waals surface area contributed by atoms with Crippen molar-refractivity contribution in [3.8, 4) is 0 Å². The van der Waals surface area contributed by atoms with E-state index in [2.05, 4.69) is 5.32 Å². The number of rotatable bonds is 8. The Morgan fingerprint density at radius 3 is 1.96 bits per heavy atom. The zero-order chi connectivity index (χ0) is 18.3. The third-order valence-corrected chi connectivity index (χ3v) is 4.21. The molecule has 0 radical (unpaired) electrons. The first-order valence-corrected chi connectivity index (χ1v) is 8.28. The van der Waals surface area contributed by atoms with Crippen molar-refractivity contribution in [3.63, 3.8) is 0 Å². The van der Waals surface area contributed by atoms with Crippen molar-refractivity contribution in [2.45, 2.75) is 40.2 Å². The lowest BCUT2D eigenvalue weighted by molar-refractivity contribution is -0.140. The van der Waals surface area contributed by atoms with E-state index in [1.54, 1.807) is 36.1 Å². The minimum absolute atomic E-state index is 0.0880. The van der Waals surface area contributed by atoms with Gasteiger partial charge in [0.15, 0.2) is 0 Å². The number of carbonyl (C=O) groups is 3. The van der Waals surface area contributed by atoms with Gasteiger partial charge < -0.3 is 15.3 Å². The molecule has 0 aromatic heterocycles. The molecule has 6 nitrogen and oxygen atoms in total. The van der Waals surface area contributed by atoms with Crippen LogP contribution in [0.25, 0.3) is 0 Å². The number of nitrogens with zero attached hydrogens (tertiary/aromatic N) is 1. The molecular formula is C18H26N2O4. The molecule has 132 valence electrons. The average molecular weight is 334 g/mol. The maximum atomic E-state index is 12.2. The molecule has 0 bridgehead atoms. The molecule has 6 heteroatoms. The molecule has 0 aliphatic heterocycles. The van der Waals surface area contributed by atoms with Crippen LogP contribution in [0.2, 0.25) is 0 Å². The predicted molar refractivity (Wildman–Crippen MR) is 92.0 cm³/mol. The summed E-state index contributed by atoms with van der Waals surface area (Å²) in [6.07, 6.45) is 0.647. The highest BCUT2D eigenvalue weighted by Gasteiger charge is 2.25. The summed E-state index contributed by atoms with van der Waals surface area (Å²) in [5.74, 6) is -1.76. The molecule has 0 unspecified atom stereocenters. The molecule has 1 aromatic rings. The normalized spacial score (nSPS) is 13.0. The topological polar surface area (TPSA) is 86.7 Å². The lowest BCUT2D eigenvalue weighted by Gasteiger charge is -2.20. The lowest BCUT2D eigenvalue weighted by Crippen LogP contribution is -2.45. The van der Waals surface area contributed by atoms with Gasteiger partial charge in [0.05, 0.1) is 0 Å². The number of nitrogens with one attached hydrogen (secondary N) is 1. The fraction of sp³-hybridized carbons (Fsp3) is 0.500. The van der Waals surface area contributed by atoms with Gasteiger partial charge >= 0.3 is 5.97 Å². The number of carbonyl (C=O) groups excluding carboxylic acids is 2. The summed E-state index contributed by atoms with van der Waals surface area (Å²) >= 11 is 0. The molecule has 0 saturated carbocycles. The van der Waals surface area contributed by atoms with Crippen molar-refractivity contribution in [2.24, 2.45) is 5.92 Å². The van der Waals surface area contributed by atoms with Crippen molar-refractivity contribution in [1.29, 1.82) is 0 Å². The highest BCUT2D eigenvalue weighted by Crippen LogP contribution is 2.11. The van der Waals surface area contributed by atoms with Gasteiger partial charge in [-0.15, -0.1) is 0 Å². The summed E-state index contributed by atoms with van der Waals surface area (Å²) in [7, 11) is 0. The molecule has 1 aromatic carbocycles. The largest absolute Gasteiger partial charge is 0.480 e. The van der Waals surface area contributed by atoms with E-state index in [1.165, 1.54) is 0 Å². The zero-order valence-electron chi connectivity index (χ0n) is 14.7. The predicted octanol–water partition coefficient (Wildman–Crippen LogP) is 2.40. The minimum Gasteiger partial charge on any atom is -0.480 e. The molecule has 0 fully saturated rings. The van der Waals surface area contributed by atoms with Crippen molar-refractivity contribution in [1.82, 2.24) is 10.2 Å². The van der Waals surface area contributed by atoms with Crippen LogP contribution in [-0.4, -0.2) is 46.9 Å². The lowest BCUT2D eigenvalue weighted by atomic mass is 9.99. The number of amides is 2. The van der Waals surface area contributed by atoms with Crippen LogP contribution in [0.5, 0.6) is 0 Å². The Morgan fingerprint density at radius 2 is 1.54 bits per heavy atom. The maximum Gasteiger partial charge on any atom is 0.326 e. The zero-order valence-corrected chi connectivity index (χ0v) is 14.7. The van der Waals surface area contributed by atoms with Crippen LogP contribution in [-0.2, 0) is 4.79 Å². The first-order chi connectivity index (χ1) is 11.3. The monoisotopic (exact) mass is 334 g/mol. The molecule has 0 aliphatic carbocycles. The van der Waals surface area contributed by atoms with E-state index in [4.69, 9.17) is 0 Å². The van der Waals surface area contributed by atoms with Crippen LogP contribution in [0.15, 0.2) is 24.3 Å². The Kier molecular flexibility index (Phi) is 7.42. The SMILES string of the molecule is CC[C@H](C)[C@H](NC(=O)c1ccc(C(=O)N(CC)CC)cc1)C(=O)O. The van der Waals surface area contributed by atoms with Crippen LogP contribution in [0.1, 0.15) is 54.8 Å². The summed E-state index contributed by atoms with van der Waals surface area (Å²) in [4.78, 5) is 37.4. The Morgan fingerprint density at radius 1 is 1.04 bits per heavy atom. The number of carboxylic acids is 1. The van der Waals surface area contributed by atoms with Crippen molar-refractivity contribution in [3.05, 3.63) is 35.4 Å². The third kappa shape index (κ3) is 4.81. The highest BCUT2D eigenvalue weighted by molar-refractivity contribution is 5.99. The minimum atomic E-state index is -1.05. The van der Waals surface area contributed by atoms with Crippen LogP contribution in [0, 0.1) is 5.92 Å². The van der Waals surface area contributed by atoms with E-state index in [0.717, 1.165) is 0 Å². The third-order valence-electron chi connectivity index (χ3n) is 4.21. The summed E-state index contributed by atoms with van der Waals surface area (Å²) in [6, 6.07) is 5.34. The second-order valence-electron chi connectivity index (χ2n) is 5.73. The molecule has 24 heavy (non-hydrogen) atoms. The van der Waals surface area contributed by atoms with Gasteiger partial charge in [-0.1, -0.05) is 20.3 Å². The Labute approximate surface area is 142 Å². The van der Waals surface area contributed by atoms with E-state index in [-0.39, 0.29) is 11.8 Å². The molecule has 2 N–H and O–H groups in total. The molecule has 0 aliphatic rings. The van der Waals surface area contributed by atoms with Crippen LogP contribution in [0.4, 0.5) is 0 Å². The molecule has 2 atom stereocenters. The van der Waals surface area contributed by atoms with Crippen molar-refractivity contribution < 1.29 is 19.5 Å². The fourth-order valence-electron chi connectivity index (χ4n) is 2.37. The summed E-state index contributed by atoms with van der Waals surface area (Å²) in [5, 5.41) is 11.8. The van der Waals surface area contributed by atoms with Crippen LogP contribution >= 0.6 is 0 Å². The molecule has 0 heterocycles. The van der Waals surface area contributed by atoms with E-state index < -0.39 is 17.9 Å². The van der Waals surface area contributed by atoms with Crippen molar-refractivity contribution >= 4 is 17.8 Å². The molecule has 0 spiro atoms. The average Bonchev–Trinajstić information content (AvgIpc) is 2.59. The van der Waals surface area contributed by atoms with Gasteiger partial charge in [0, 0.05) is 24.2 Å². The van der Waals surface area contributed by atoms with E-state index in [1.807, 2.05) is 20.8 Å². The quantitative estimate of drug-likeness (QED) is 0.764. The summed E-state index contributed by atoms with van der Waals surface area (Å²) in [5.41, 5.74) is 0.840. The Balaban J connectivity index is 2.86. The first-order valence-electron chi connectivity index (χ1n) is 8.28. The summed E-state index contributed by atoms with van der Waals surface area (Å²) < 4.78 is 0. The van der Waals surface area contributed by atoms with Crippen LogP contribution in [0.3, 0.4) is 0 Å². The standard InChI is InChI=1S/C18H26N2O4/c1-5-12(4)15(18(23)24)19-16(21)13-8-10-14(11-9-13)17(22)20(6-2)7-3/h8-12,15H,5-7H2,1-4H3,(H,19,21)(H,23,24)/t12-,15-/m0/s1. The van der Waals surface area contributed by atoms with Gasteiger partial charge in [0.25, 0.3) is 11.8 Å². The first kappa shape index (κ1) is 19.7. The summed E-state index contributed by atoms with van der Waals surface area (Å²) in [6.45, 7) is 8.71. The van der Waals surface area contributed by atoms with Gasteiger partial charge in [-0.2, -0.15) is 0 Å². The Hall–Kier alpha value is -2.37. The van der Waals surface area contributed by atoms with Gasteiger partial charge in [-0.25, -0.2) is 4.79 Å². The van der Waals surface area contributed by atoms with E-state index >= 15 is 0 Å². The van der Waals surface area contributed by atoms with Gasteiger partial charge in [0.1, 0.15) is 6.04 Å². The van der Waals surface area contributed by atoms with Gasteiger partial charge in [-0.3, -0.25) is 9.59 Å². The van der Waals surface area contributed by atoms with Gasteiger partial charge in [-0.05, 0) is 44.0 Å². The molecule has 1 rings (SSSR count). The number of aliphatic carboxylic acids is 1.